The number of esters is 1. The predicted octanol–water partition coefficient (Wildman–Crippen LogP) is 0.661. The van der Waals surface area contributed by atoms with Crippen molar-refractivity contribution >= 4 is 23.2 Å². The van der Waals surface area contributed by atoms with Crippen LogP contribution in [0.15, 0.2) is 12.1 Å². The van der Waals surface area contributed by atoms with Crippen molar-refractivity contribution in [3.05, 3.63) is 17.7 Å². The van der Waals surface area contributed by atoms with Crippen LogP contribution in [0.2, 0.25) is 0 Å². The molecule has 0 bridgehead atoms. The van der Waals surface area contributed by atoms with E-state index in [9.17, 15) is 9.59 Å². The first-order valence-corrected chi connectivity index (χ1v) is 5.19. The van der Waals surface area contributed by atoms with Crippen molar-refractivity contribution in [2.75, 3.05) is 27.1 Å². The lowest BCUT2D eigenvalue weighted by molar-refractivity contribution is -0.132. The van der Waals surface area contributed by atoms with E-state index in [-0.39, 0.29) is 17.0 Å². The molecule has 0 saturated heterocycles. The van der Waals surface area contributed by atoms with Gasteiger partial charge in [0.1, 0.15) is 0 Å². The molecule has 0 aliphatic rings. The maximum Gasteiger partial charge on any atom is 0.360 e. The Kier molecular flexibility index (Phi) is 4.46. The third-order valence-electron chi connectivity index (χ3n) is 2.42. The molecule has 1 aromatic carbocycles. The van der Waals surface area contributed by atoms with E-state index in [1.165, 1.54) is 26.4 Å². The topological polar surface area (TPSA) is 112 Å². The van der Waals surface area contributed by atoms with Gasteiger partial charge in [0.2, 0.25) is 5.78 Å². The Morgan fingerprint density at radius 3 is 2.11 bits per heavy atom. The molecule has 0 spiro atoms. The van der Waals surface area contributed by atoms with Crippen LogP contribution in [0, 0.1) is 5.41 Å². The molecule has 1 aromatic rings. The van der Waals surface area contributed by atoms with E-state index in [1.54, 1.807) is 0 Å². The number of nitrogens with two attached hydrogens (primary N) is 1. The van der Waals surface area contributed by atoms with Gasteiger partial charge < -0.3 is 19.9 Å². The number of methoxy groups -OCH3 is 3. The number of nitrogens with one attached hydrogen (secondary N) is 1. The molecule has 0 unspecified atom stereocenters. The fourth-order valence-corrected chi connectivity index (χ4v) is 1.42. The number of benzene rings is 1. The lowest BCUT2D eigenvalue weighted by atomic mass is 10.0. The van der Waals surface area contributed by atoms with Crippen LogP contribution in [-0.2, 0) is 9.53 Å². The largest absolute Gasteiger partial charge is 0.493 e. The highest BCUT2D eigenvalue weighted by Gasteiger charge is 2.24. The van der Waals surface area contributed by atoms with Gasteiger partial charge in [-0.2, -0.15) is 0 Å². The first kappa shape index (κ1) is 14.5. The summed E-state index contributed by atoms with van der Waals surface area (Å²) in [4.78, 5) is 23.1. The number of carbonyl (C=O) groups excluding carboxylic acids is 2. The predicted molar refractivity (Wildman–Crippen MR) is 68.0 cm³/mol. The first-order chi connectivity index (χ1) is 8.96. The fraction of sp³-hybridized carbons (Fsp3) is 0.250. The van der Waals surface area contributed by atoms with Gasteiger partial charge in [-0.15, -0.1) is 0 Å². The maximum absolute atomic E-state index is 11.9. The molecule has 0 aliphatic carbocycles. The molecule has 0 fully saturated rings. The lowest BCUT2D eigenvalue weighted by Crippen LogP contribution is -2.25. The quantitative estimate of drug-likeness (QED) is 0.266. The monoisotopic (exact) mass is 266 g/mol. The standard InChI is InChI=1S/C12H14N2O5/c1-17-8-4-6(7(13)5-9(8)18-2)11(15)10(14)12(16)19-3/h4-5,14H,13H2,1-3H3. The molecule has 0 aromatic heterocycles. The van der Waals surface area contributed by atoms with E-state index >= 15 is 0 Å². The molecule has 1 rings (SSSR count). The summed E-state index contributed by atoms with van der Waals surface area (Å²) in [5.41, 5.74) is 4.95. The number of rotatable bonds is 5. The van der Waals surface area contributed by atoms with Crippen molar-refractivity contribution in [2.24, 2.45) is 0 Å². The van der Waals surface area contributed by atoms with Crippen molar-refractivity contribution < 1.29 is 23.8 Å². The van der Waals surface area contributed by atoms with Crippen LogP contribution in [0.3, 0.4) is 0 Å². The molecule has 0 amide bonds. The summed E-state index contributed by atoms with van der Waals surface area (Å²) in [7, 11) is 3.91. The minimum absolute atomic E-state index is 0.0203. The van der Waals surface area contributed by atoms with E-state index < -0.39 is 17.5 Å². The number of nitrogen functional groups attached to an aromatic ring is 1. The summed E-state index contributed by atoms with van der Waals surface area (Å²) in [5.74, 6) is -1.25. The lowest BCUT2D eigenvalue weighted by Gasteiger charge is -2.11. The van der Waals surface area contributed by atoms with Crippen LogP contribution in [0.5, 0.6) is 11.5 Å². The summed E-state index contributed by atoms with van der Waals surface area (Å²) >= 11 is 0. The van der Waals surface area contributed by atoms with Crippen molar-refractivity contribution in [2.45, 2.75) is 0 Å². The molecule has 0 heterocycles. The molecule has 7 nitrogen and oxygen atoms in total. The minimum Gasteiger partial charge on any atom is -0.493 e. The minimum atomic E-state index is -1.03. The highest BCUT2D eigenvalue weighted by molar-refractivity contribution is 6.67. The Bertz CT molecular complexity index is 539. The highest BCUT2D eigenvalue weighted by atomic mass is 16.5. The van der Waals surface area contributed by atoms with Crippen molar-refractivity contribution in [1.29, 1.82) is 5.41 Å². The molecule has 19 heavy (non-hydrogen) atoms. The molecule has 102 valence electrons. The Balaban J connectivity index is 3.24. The zero-order chi connectivity index (χ0) is 14.6. The molecule has 3 N–H and O–H groups in total. The third-order valence-corrected chi connectivity index (χ3v) is 2.42. The number of hydrogen-bond acceptors (Lipinski definition) is 7. The van der Waals surface area contributed by atoms with Crippen molar-refractivity contribution in [3.8, 4) is 11.5 Å². The summed E-state index contributed by atoms with van der Waals surface area (Å²) in [6.07, 6.45) is 0. The van der Waals surface area contributed by atoms with E-state index in [0.29, 0.717) is 5.75 Å². The van der Waals surface area contributed by atoms with Gasteiger partial charge in [-0.25, -0.2) is 4.79 Å². The van der Waals surface area contributed by atoms with Crippen molar-refractivity contribution in [3.63, 3.8) is 0 Å². The van der Waals surface area contributed by atoms with E-state index in [4.69, 9.17) is 20.6 Å². The second kappa shape index (κ2) is 5.85. The van der Waals surface area contributed by atoms with E-state index in [2.05, 4.69) is 4.74 Å². The van der Waals surface area contributed by atoms with Crippen LogP contribution in [-0.4, -0.2) is 38.8 Å². The van der Waals surface area contributed by atoms with E-state index in [0.717, 1.165) is 7.11 Å². The Labute approximate surface area is 109 Å². The van der Waals surface area contributed by atoms with Gasteiger partial charge in [-0.1, -0.05) is 0 Å². The van der Waals surface area contributed by atoms with Crippen molar-refractivity contribution in [1.82, 2.24) is 0 Å². The van der Waals surface area contributed by atoms with Gasteiger partial charge in [-0.05, 0) is 6.07 Å². The van der Waals surface area contributed by atoms with Crippen LogP contribution >= 0.6 is 0 Å². The zero-order valence-corrected chi connectivity index (χ0v) is 10.8. The number of carbonyl (C=O) groups is 2. The third kappa shape index (κ3) is 2.82. The van der Waals surface area contributed by atoms with Gasteiger partial charge in [0, 0.05) is 11.8 Å². The molecule has 0 atom stereocenters. The zero-order valence-electron chi connectivity index (χ0n) is 10.8. The normalized spacial score (nSPS) is 9.63. The average Bonchev–Trinajstić information content (AvgIpc) is 2.44. The summed E-state index contributed by atoms with van der Waals surface area (Å²) in [6.45, 7) is 0. The van der Waals surface area contributed by atoms with Crippen LogP contribution < -0.4 is 15.2 Å². The van der Waals surface area contributed by atoms with Gasteiger partial charge in [0.25, 0.3) is 0 Å². The maximum atomic E-state index is 11.9. The smallest absolute Gasteiger partial charge is 0.360 e. The summed E-state index contributed by atoms with van der Waals surface area (Å²) < 4.78 is 14.4. The first-order valence-electron chi connectivity index (χ1n) is 5.19. The number of Topliss-reactive ketones (excluding diaryl/α,β-unsaturated/α-hetero) is 1. The number of anilines is 1. The van der Waals surface area contributed by atoms with Gasteiger partial charge in [0.15, 0.2) is 17.2 Å². The van der Waals surface area contributed by atoms with Gasteiger partial charge in [-0.3, -0.25) is 10.2 Å². The molecule has 0 saturated carbocycles. The Morgan fingerprint density at radius 2 is 1.63 bits per heavy atom. The number of ketones is 1. The van der Waals surface area contributed by atoms with Crippen LogP contribution in [0.4, 0.5) is 5.69 Å². The molecular formula is C12H14N2O5. The van der Waals surface area contributed by atoms with Gasteiger partial charge >= 0.3 is 5.97 Å². The summed E-state index contributed by atoms with van der Waals surface area (Å²) in [5, 5.41) is 7.41. The van der Waals surface area contributed by atoms with E-state index in [1.807, 2.05) is 0 Å². The van der Waals surface area contributed by atoms with Crippen LogP contribution in [0.1, 0.15) is 10.4 Å². The molecular weight excluding hydrogens is 252 g/mol. The highest BCUT2D eigenvalue weighted by Crippen LogP contribution is 2.32. The molecule has 0 aliphatic heterocycles. The second-order valence-electron chi connectivity index (χ2n) is 3.49. The Hall–Kier alpha value is -2.57. The molecule has 7 heteroatoms. The SMILES string of the molecule is COC(=O)C(=N)C(=O)c1cc(OC)c(OC)cc1N. The number of ether oxygens (including phenoxy) is 3. The summed E-state index contributed by atoms with van der Waals surface area (Å²) in [6, 6.07) is 2.70. The Morgan fingerprint density at radius 1 is 1.11 bits per heavy atom. The fourth-order valence-electron chi connectivity index (χ4n) is 1.42. The molecule has 0 radical (unpaired) electrons. The average molecular weight is 266 g/mol. The van der Waals surface area contributed by atoms with Gasteiger partial charge in [0.05, 0.1) is 26.9 Å². The second-order valence-corrected chi connectivity index (χ2v) is 3.49. The number of hydrogen-bond donors (Lipinski definition) is 2. The van der Waals surface area contributed by atoms with Crippen LogP contribution in [0.25, 0.3) is 0 Å².